The Morgan fingerprint density at radius 2 is 1.90 bits per heavy atom. The van der Waals surface area contributed by atoms with Gasteiger partial charge in [-0.15, -0.1) is 24.0 Å². The summed E-state index contributed by atoms with van der Waals surface area (Å²) in [4.78, 5) is 5.35. The summed E-state index contributed by atoms with van der Waals surface area (Å²) in [6.07, 6.45) is 2.23. The van der Waals surface area contributed by atoms with E-state index in [4.69, 9.17) is 0 Å². The first-order valence-electron chi connectivity index (χ1n) is 7.23. The quantitative estimate of drug-likeness (QED) is 0.293. The Morgan fingerprint density at radius 3 is 2.52 bits per heavy atom. The molecule has 4 nitrogen and oxygen atoms in total. The summed E-state index contributed by atoms with van der Waals surface area (Å²) in [5, 5.41) is 6.42. The molecule has 6 heteroatoms. The second kappa shape index (κ2) is 13.1. The van der Waals surface area contributed by atoms with Crippen molar-refractivity contribution in [3.63, 3.8) is 0 Å². The number of unbranched alkanes of at least 4 members (excludes halogenated alkanes) is 1. The minimum Gasteiger partial charge on any atom is -0.357 e. The van der Waals surface area contributed by atoms with Crippen molar-refractivity contribution >= 4 is 40.7 Å². The Morgan fingerprint density at radius 1 is 1.19 bits per heavy atom. The highest BCUT2D eigenvalue weighted by atomic mass is 127. The predicted molar refractivity (Wildman–Crippen MR) is 102 cm³/mol. The van der Waals surface area contributed by atoms with Gasteiger partial charge >= 0.3 is 0 Å². The second-order valence-electron chi connectivity index (χ2n) is 4.40. The Labute approximate surface area is 147 Å². The van der Waals surface area contributed by atoms with Crippen LogP contribution in [0.25, 0.3) is 0 Å². The van der Waals surface area contributed by atoms with Crippen LogP contribution in [0.4, 0.5) is 0 Å². The van der Waals surface area contributed by atoms with Crippen molar-refractivity contribution in [1.29, 1.82) is 0 Å². The van der Waals surface area contributed by atoms with Crippen molar-refractivity contribution in [3.8, 4) is 0 Å². The van der Waals surface area contributed by atoms with E-state index < -0.39 is 10.8 Å². The van der Waals surface area contributed by atoms with Crippen LogP contribution < -0.4 is 10.6 Å². The van der Waals surface area contributed by atoms with Gasteiger partial charge in [-0.3, -0.25) is 9.20 Å². The lowest BCUT2D eigenvalue weighted by molar-refractivity contribution is 0.681. The van der Waals surface area contributed by atoms with Crippen LogP contribution in [-0.4, -0.2) is 35.6 Å². The van der Waals surface area contributed by atoms with Gasteiger partial charge in [0.25, 0.3) is 0 Å². The molecule has 0 aliphatic carbocycles. The molecule has 2 N–H and O–H groups in total. The van der Waals surface area contributed by atoms with E-state index in [1.165, 1.54) is 0 Å². The van der Waals surface area contributed by atoms with E-state index in [2.05, 4.69) is 22.5 Å². The van der Waals surface area contributed by atoms with Crippen molar-refractivity contribution < 1.29 is 4.21 Å². The average Bonchev–Trinajstić information content (AvgIpc) is 2.48. The van der Waals surface area contributed by atoms with E-state index in [9.17, 15) is 4.21 Å². The molecule has 0 bridgehead atoms. The fourth-order valence-electron chi connectivity index (χ4n) is 1.64. The Balaban J connectivity index is 0.00000400. The van der Waals surface area contributed by atoms with Gasteiger partial charge in [0.1, 0.15) is 0 Å². The van der Waals surface area contributed by atoms with Crippen LogP contribution >= 0.6 is 24.0 Å². The zero-order valence-corrected chi connectivity index (χ0v) is 15.9. The lowest BCUT2D eigenvalue weighted by Crippen LogP contribution is -2.39. The zero-order chi connectivity index (χ0) is 14.6. The molecule has 0 fully saturated rings. The molecule has 0 spiro atoms. The molecule has 120 valence electrons. The highest BCUT2D eigenvalue weighted by Crippen LogP contribution is 2.04. The number of benzene rings is 1. The number of aliphatic imine (C=N–C) groups is 1. The highest BCUT2D eigenvalue weighted by Gasteiger charge is 2.03. The summed E-state index contributed by atoms with van der Waals surface area (Å²) in [5.41, 5.74) is 0. The SMILES string of the molecule is CCCCN=C(NCC)NCCS(=O)c1ccccc1.I. The molecule has 0 heterocycles. The predicted octanol–water partition coefficient (Wildman–Crippen LogP) is 2.77. The van der Waals surface area contributed by atoms with Crippen LogP contribution in [0.5, 0.6) is 0 Å². The number of hydrogen-bond acceptors (Lipinski definition) is 2. The lowest BCUT2D eigenvalue weighted by Gasteiger charge is -2.11. The van der Waals surface area contributed by atoms with Crippen molar-refractivity contribution in [2.45, 2.75) is 31.6 Å². The van der Waals surface area contributed by atoms with E-state index in [0.717, 1.165) is 36.8 Å². The molecule has 0 aromatic heterocycles. The van der Waals surface area contributed by atoms with Crippen molar-refractivity contribution in [3.05, 3.63) is 30.3 Å². The largest absolute Gasteiger partial charge is 0.357 e. The van der Waals surface area contributed by atoms with Gasteiger partial charge in [0, 0.05) is 30.3 Å². The van der Waals surface area contributed by atoms with Crippen molar-refractivity contribution in [2.75, 3.05) is 25.4 Å². The van der Waals surface area contributed by atoms with Crippen molar-refractivity contribution in [2.24, 2.45) is 4.99 Å². The third-order valence-corrected chi connectivity index (χ3v) is 4.08. The maximum absolute atomic E-state index is 12.1. The highest BCUT2D eigenvalue weighted by molar-refractivity contribution is 14.0. The average molecular weight is 423 g/mol. The standard InChI is InChI=1S/C15H25N3OS.HI/c1-3-5-11-17-15(16-4-2)18-12-13-20(19)14-9-7-6-8-10-14;/h6-10H,3-5,11-13H2,1-2H3,(H2,16,17,18);1H. The van der Waals surface area contributed by atoms with Crippen LogP contribution in [0, 0.1) is 0 Å². The molecule has 0 saturated carbocycles. The van der Waals surface area contributed by atoms with Crippen LogP contribution in [-0.2, 0) is 10.8 Å². The molecule has 21 heavy (non-hydrogen) atoms. The summed E-state index contributed by atoms with van der Waals surface area (Å²) < 4.78 is 12.1. The number of nitrogens with zero attached hydrogens (tertiary/aromatic N) is 1. The van der Waals surface area contributed by atoms with Gasteiger partial charge in [0.05, 0.1) is 10.8 Å². The normalized spacial score (nSPS) is 12.4. The second-order valence-corrected chi connectivity index (χ2v) is 5.97. The minimum atomic E-state index is -0.956. The third kappa shape index (κ3) is 9.08. The fourth-order valence-corrected chi connectivity index (χ4v) is 2.63. The van der Waals surface area contributed by atoms with Gasteiger partial charge in [-0.05, 0) is 25.5 Å². The summed E-state index contributed by atoms with van der Waals surface area (Å²) >= 11 is 0. The lowest BCUT2D eigenvalue weighted by atomic mass is 10.3. The number of halogens is 1. The number of rotatable bonds is 8. The molecule has 1 atom stereocenters. The van der Waals surface area contributed by atoms with Gasteiger partial charge in [-0.2, -0.15) is 0 Å². The number of hydrogen-bond donors (Lipinski definition) is 2. The first-order chi connectivity index (χ1) is 9.77. The van der Waals surface area contributed by atoms with Gasteiger partial charge in [-0.25, -0.2) is 0 Å². The van der Waals surface area contributed by atoms with Crippen LogP contribution in [0.3, 0.4) is 0 Å². The molecule has 0 aliphatic rings. The molecule has 1 aromatic carbocycles. The molecule has 0 saturated heterocycles. The summed E-state index contributed by atoms with van der Waals surface area (Å²) in [6.45, 7) is 6.50. The Kier molecular flexibility index (Phi) is 12.7. The van der Waals surface area contributed by atoms with Crippen molar-refractivity contribution in [1.82, 2.24) is 10.6 Å². The molecule has 1 aromatic rings. The van der Waals surface area contributed by atoms with E-state index in [1.54, 1.807) is 0 Å². The molecular weight excluding hydrogens is 397 g/mol. The Hall–Kier alpha value is -0.630. The molecule has 0 radical (unpaired) electrons. The maximum Gasteiger partial charge on any atom is 0.191 e. The molecule has 0 aliphatic heterocycles. The van der Waals surface area contributed by atoms with E-state index in [0.29, 0.717) is 12.3 Å². The van der Waals surface area contributed by atoms with Crippen LogP contribution in [0.15, 0.2) is 40.2 Å². The number of guanidine groups is 1. The van der Waals surface area contributed by atoms with Gasteiger partial charge in [-0.1, -0.05) is 31.5 Å². The van der Waals surface area contributed by atoms with Crippen LogP contribution in [0.1, 0.15) is 26.7 Å². The van der Waals surface area contributed by atoms with Crippen LogP contribution in [0.2, 0.25) is 0 Å². The van der Waals surface area contributed by atoms with Gasteiger partial charge in [0.15, 0.2) is 5.96 Å². The molecular formula is C15H26IN3OS. The molecule has 1 rings (SSSR count). The van der Waals surface area contributed by atoms with Gasteiger partial charge in [0.2, 0.25) is 0 Å². The zero-order valence-electron chi connectivity index (χ0n) is 12.8. The topological polar surface area (TPSA) is 53.5 Å². The maximum atomic E-state index is 12.1. The first kappa shape index (κ1) is 20.4. The summed E-state index contributed by atoms with van der Waals surface area (Å²) in [7, 11) is -0.956. The summed E-state index contributed by atoms with van der Waals surface area (Å²) in [6, 6.07) is 9.56. The molecule has 1 unspecified atom stereocenters. The summed E-state index contributed by atoms with van der Waals surface area (Å²) in [5.74, 6) is 1.40. The number of nitrogens with one attached hydrogen (secondary N) is 2. The minimum absolute atomic E-state index is 0. The van der Waals surface area contributed by atoms with E-state index in [1.807, 2.05) is 37.3 Å². The monoisotopic (exact) mass is 423 g/mol. The smallest absolute Gasteiger partial charge is 0.191 e. The fraction of sp³-hybridized carbons (Fsp3) is 0.533. The Bertz CT molecular complexity index is 426. The third-order valence-electron chi connectivity index (χ3n) is 2.71. The molecule has 0 amide bonds. The van der Waals surface area contributed by atoms with Gasteiger partial charge < -0.3 is 10.6 Å². The van der Waals surface area contributed by atoms with E-state index in [-0.39, 0.29) is 24.0 Å². The first-order valence-corrected chi connectivity index (χ1v) is 8.55. The van der Waals surface area contributed by atoms with E-state index >= 15 is 0 Å².